The van der Waals surface area contributed by atoms with Gasteiger partial charge in [-0.05, 0) is 55.4 Å². The second kappa shape index (κ2) is 6.10. The predicted octanol–water partition coefficient (Wildman–Crippen LogP) is 2.50. The van der Waals surface area contributed by atoms with Crippen LogP contribution in [-0.2, 0) is 11.2 Å². The highest BCUT2D eigenvalue weighted by Crippen LogP contribution is 2.45. The summed E-state index contributed by atoms with van der Waals surface area (Å²) in [6.07, 6.45) is 2.12. The average Bonchev–Trinajstić information content (AvgIpc) is 2.36. The van der Waals surface area contributed by atoms with Crippen LogP contribution >= 0.6 is 12.2 Å². The molecule has 0 aromatic heterocycles. The van der Waals surface area contributed by atoms with Crippen LogP contribution in [0.25, 0.3) is 0 Å². The number of carbonyl (C=O) groups excluding carboxylic acids is 1. The van der Waals surface area contributed by atoms with Crippen LogP contribution < -0.4 is 11.1 Å². The largest absolute Gasteiger partial charge is 0.392 e. The van der Waals surface area contributed by atoms with Crippen molar-refractivity contribution in [2.24, 2.45) is 17.1 Å². The van der Waals surface area contributed by atoms with E-state index in [9.17, 15) is 9.18 Å². The molecule has 0 aliphatic heterocycles. The zero-order chi connectivity index (χ0) is 15.6. The van der Waals surface area contributed by atoms with E-state index < -0.39 is 5.41 Å². The van der Waals surface area contributed by atoms with Gasteiger partial charge in [-0.2, -0.15) is 0 Å². The average molecular weight is 308 g/mol. The van der Waals surface area contributed by atoms with Crippen molar-refractivity contribution in [3.8, 4) is 0 Å². The molecule has 0 unspecified atom stereocenters. The maximum absolute atomic E-state index is 13.0. The lowest BCUT2D eigenvalue weighted by Gasteiger charge is -2.44. The number of benzene rings is 1. The molecule has 21 heavy (non-hydrogen) atoms. The second-order valence-corrected chi connectivity index (χ2v) is 6.48. The van der Waals surface area contributed by atoms with E-state index in [4.69, 9.17) is 18.0 Å². The Labute approximate surface area is 130 Å². The number of nitrogens with two attached hydrogens (primary N) is 1. The fraction of sp³-hybridized carbons (Fsp3) is 0.500. The summed E-state index contributed by atoms with van der Waals surface area (Å²) >= 11 is 5.06. The SMILES string of the molecule is Cc1cc(F)ccc1CCNC(=O)C1(C(N)=S)CC(C)C1. The quantitative estimate of drug-likeness (QED) is 0.822. The lowest BCUT2D eigenvalue weighted by atomic mass is 9.62. The summed E-state index contributed by atoms with van der Waals surface area (Å²) in [5.41, 5.74) is 7.01. The summed E-state index contributed by atoms with van der Waals surface area (Å²) in [7, 11) is 0. The third-order valence-corrected chi connectivity index (χ3v) is 4.68. The molecule has 2 rings (SSSR count). The van der Waals surface area contributed by atoms with Crippen molar-refractivity contribution in [2.45, 2.75) is 33.1 Å². The van der Waals surface area contributed by atoms with E-state index in [-0.39, 0.29) is 16.7 Å². The third kappa shape index (κ3) is 3.23. The zero-order valence-electron chi connectivity index (χ0n) is 12.4. The zero-order valence-corrected chi connectivity index (χ0v) is 13.2. The number of rotatable bonds is 5. The van der Waals surface area contributed by atoms with E-state index in [1.165, 1.54) is 12.1 Å². The Kier molecular flexibility index (Phi) is 4.61. The summed E-state index contributed by atoms with van der Waals surface area (Å²) in [4.78, 5) is 12.6. The summed E-state index contributed by atoms with van der Waals surface area (Å²) < 4.78 is 13.0. The monoisotopic (exact) mass is 308 g/mol. The van der Waals surface area contributed by atoms with Gasteiger partial charge in [0, 0.05) is 6.54 Å². The Morgan fingerprint density at radius 2 is 2.19 bits per heavy atom. The standard InChI is InChI=1S/C16H21FN2OS/c1-10-8-16(9-10,14(18)21)15(20)19-6-5-12-3-4-13(17)7-11(12)2/h3-4,7,10H,5-6,8-9H2,1-2H3,(H2,18,21)(H,19,20). The normalized spacial score (nSPS) is 24.2. The van der Waals surface area contributed by atoms with E-state index in [2.05, 4.69) is 12.2 Å². The lowest BCUT2D eigenvalue weighted by Crippen LogP contribution is -2.56. The van der Waals surface area contributed by atoms with Gasteiger partial charge in [-0.3, -0.25) is 4.79 Å². The number of nitrogens with one attached hydrogen (secondary N) is 1. The van der Waals surface area contributed by atoms with Crippen LogP contribution in [-0.4, -0.2) is 17.4 Å². The first-order chi connectivity index (χ1) is 9.85. The smallest absolute Gasteiger partial charge is 0.233 e. The van der Waals surface area contributed by atoms with Crippen LogP contribution in [0.3, 0.4) is 0 Å². The van der Waals surface area contributed by atoms with Crippen molar-refractivity contribution in [2.75, 3.05) is 6.54 Å². The lowest BCUT2D eigenvalue weighted by molar-refractivity contribution is -0.132. The van der Waals surface area contributed by atoms with Gasteiger partial charge in [0.15, 0.2) is 0 Å². The number of thiocarbonyl (C=S) groups is 1. The van der Waals surface area contributed by atoms with Crippen molar-refractivity contribution in [1.82, 2.24) is 5.32 Å². The molecule has 1 aliphatic rings. The molecule has 1 aromatic carbocycles. The topological polar surface area (TPSA) is 55.1 Å². The van der Waals surface area contributed by atoms with Gasteiger partial charge in [-0.1, -0.05) is 25.2 Å². The molecule has 1 aliphatic carbocycles. The summed E-state index contributed by atoms with van der Waals surface area (Å²) in [5, 5.41) is 2.92. The van der Waals surface area contributed by atoms with Crippen LogP contribution in [0.15, 0.2) is 18.2 Å². The third-order valence-electron chi connectivity index (χ3n) is 4.28. The molecular formula is C16H21FN2OS. The van der Waals surface area contributed by atoms with Gasteiger partial charge in [-0.15, -0.1) is 0 Å². The van der Waals surface area contributed by atoms with Gasteiger partial charge in [0.25, 0.3) is 0 Å². The van der Waals surface area contributed by atoms with Crippen molar-refractivity contribution >= 4 is 23.1 Å². The predicted molar refractivity (Wildman–Crippen MR) is 85.5 cm³/mol. The first-order valence-corrected chi connectivity index (χ1v) is 7.59. The van der Waals surface area contributed by atoms with Crippen molar-refractivity contribution in [3.05, 3.63) is 35.1 Å². The number of hydrogen-bond donors (Lipinski definition) is 2. The molecule has 0 bridgehead atoms. The Bertz CT molecular complexity index is 567. The Balaban J connectivity index is 1.91. The fourth-order valence-electron chi connectivity index (χ4n) is 3.05. The molecule has 0 atom stereocenters. The first-order valence-electron chi connectivity index (χ1n) is 7.18. The van der Waals surface area contributed by atoms with Crippen molar-refractivity contribution < 1.29 is 9.18 Å². The highest BCUT2D eigenvalue weighted by molar-refractivity contribution is 7.80. The van der Waals surface area contributed by atoms with E-state index in [0.717, 1.165) is 24.0 Å². The molecule has 1 fully saturated rings. The van der Waals surface area contributed by atoms with Crippen LogP contribution in [0, 0.1) is 24.1 Å². The van der Waals surface area contributed by atoms with Crippen LogP contribution in [0.2, 0.25) is 0 Å². The minimum Gasteiger partial charge on any atom is -0.392 e. The molecule has 3 N–H and O–H groups in total. The minimum atomic E-state index is -0.660. The minimum absolute atomic E-state index is 0.0761. The Hall–Kier alpha value is -1.49. The van der Waals surface area contributed by atoms with Gasteiger partial charge in [-0.25, -0.2) is 4.39 Å². The molecule has 3 nitrogen and oxygen atoms in total. The number of hydrogen-bond acceptors (Lipinski definition) is 2. The number of amides is 1. The molecule has 114 valence electrons. The van der Waals surface area contributed by atoms with Crippen LogP contribution in [0.5, 0.6) is 0 Å². The molecule has 0 radical (unpaired) electrons. The molecule has 1 amide bonds. The van der Waals surface area contributed by atoms with Crippen molar-refractivity contribution in [1.29, 1.82) is 0 Å². The van der Waals surface area contributed by atoms with E-state index in [0.29, 0.717) is 18.9 Å². The highest BCUT2D eigenvalue weighted by atomic mass is 32.1. The molecule has 0 saturated heterocycles. The molecule has 1 saturated carbocycles. The Morgan fingerprint density at radius 3 is 2.71 bits per heavy atom. The number of halogens is 1. The molecule has 1 aromatic rings. The van der Waals surface area contributed by atoms with Crippen LogP contribution in [0.1, 0.15) is 30.9 Å². The van der Waals surface area contributed by atoms with Gasteiger partial charge in [0.1, 0.15) is 5.82 Å². The van der Waals surface area contributed by atoms with E-state index >= 15 is 0 Å². The first kappa shape index (κ1) is 15.9. The molecule has 5 heteroatoms. The van der Waals surface area contributed by atoms with Gasteiger partial charge >= 0.3 is 0 Å². The fourth-order valence-corrected chi connectivity index (χ4v) is 3.31. The van der Waals surface area contributed by atoms with Gasteiger partial charge in [0.2, 0.25) is 5.91 Å². The summed E-state index contributed by atoms with van der Waals surface area (Å²) in [6.45, 7) is 4.46. The highest BCUT2D eigenvalue weighted by Gasteiger charge is 2.50. The van der Waals surface area contributed by atoms with Gasteiger partial charge < -0.3 is 11.1 Å². The second-order valence-electron chi connectivity index (χ2n) is 6.04. The summed E-state index contributed by atoms with van der Waals surface area (Å²) in [5.74, 6) is 0.167. The van der Waals surface area contributed by atoms with Gasteiger partial charge in [0.05, 0.1) is 10.4 Å². The number of carbonyl (C=O) groups is 1. The molecule has 0 spiro atoms. The molecule has 0 heterocycles. The summed E-state index contributed by atoms with van der Waals surface area (Å²) in [6, 6.07) is 4.70. The van der Waals surface area contributed by atoms with Crippen LogP contribution in [0.4, 0.5) is 4.39 Å². The maximum atomic E-state index is 13.0. The maximum Gasteiger partial charge on any atom is 0.233 e. The number of aryl methyl sites for hydroxylation is 1. The molecular weight excluding hydrogens is 287 g/mol. The van der Waals surface area contributed by atoms with E-state index in [1.54, 1.807) is 6.07 Å². The Morgan fingerprint density at radius 1 is 1.52 bits per heavy atom. The van der Waals surface area contributed by atoms with E-state index in [1.807, 2.05) is 6.92 Å². The van der Waals surface area contributed by atoms with Crippen molar-refractivity contribution in [3.63, 3.8) is 0 Å².